The van der Waals surface area contributed by atoms with E-state index in [9.17, 15) is 0 Å². The molecule has 0 bridgehead atoms. The van der Waals surface area contributed by atoms with Gasteiger partial charge in [-0.2, -0.15) is 10.2 Å². The van der Waals surface area contributed by atoms with Crippen molar-refractivity contribution in [3.05, 3.63) is 35.7 Å². The van der Waals surface area contributed by atoms with Gasteiger partial charge in [0.1, 0.15) is 6.10 Å². The Hall–Kier alpha value is -2.19. The van der Waals surface area contributed by atoms with E-state index in [1.165, 1.54) is 0 Å². The molecular formula is C14H15N3O2. The maximum atomic E-state index is 8.75. The summed E-state index contributed by atoms with van der Waals surface area (Å²) >= 11 is 0. The highest BCUT2D eigenvalue weighted by atomic mass is 16.5. The molecule has 0 amide bonds. The maximum Gasteiger partial charge on any atom is 0.258 e. The van der Waals surface area contributed by atoms with Gasteiger partial charge in [-0.15, -0.1) is 0 Å². The number of nitriles is 1. The van der Waals surface area contributed by atoms with Crippen molar-refractivity contribution in [3.63, 3.8) is 0 Å². The third-order valence-electron chi connectivity index (χ3n) is 2.83. The van der Waals surface area contributed by atoms with Gasteiger partial charge < -0.3 is 9.26 Å². The Labute approximate surface area is 111 Å². The number of nitrogens with zero attached hydrogens (tertiary/aromatic N) is 3. The first-order valence-corrected chi connectivity index (χ1v) is 6.15. The van der Waals surface area contributed by atoms with Gasteiger partial charge in [-0.05, 0) is 30.7 Å². The molecule has 2 aromatic rings. The van der Waals surface area contributed by atoms with Gasteiger partial charge in [0, 0.05) is 12.7 Å². The van der Waals surface area contributed by atoms with E-state index < -0.39 is 0 Å². The van der Waals surface area contributed by atoms with Crippen LogP contribution in [0.2, 0.25) is 0 Å². The summed E-state index contributed by atoms with van der Waals surface area (Å²) in [5, 5.41) is 12.7. The molecule has 1 atom stereocenters. The first-order chi connectivity index (χ1) is 9.28. The van der Waals surface area contributed by atoms with Gasteiger partial charge in [-0.1, -0.05) is 18.5 Å². The molecule has 0 N–H and O–H groups in total. The molecule has 0 saturated heterocycles. The first-order valence-electron chi connectivity index (χ1n) is 6.15. The lowest BCUT2D eigenvalue weighted by atomic mass is 10.1. The monoisotopic (exact) mass is 257 g/mol. The molecule has 5 heteroatoms. The molecule has 0 aliphatic rings. The number of rotatable bonds is 5. The molecule has 0 spiro atoms. The Morgan fingerprint density at radius 3 is 2.68 bits per heavy atom. The molecule has 0 radical (unpaired) electrons. The van der Waals surface area contributed by atoms with Crippen LogP contribution >= 0.6 is 0 Å². The number of hydrogen-bond donors (Lipinski definition) is 0. The molecule has 1 unspecified atom stereocenters. The van der Waals surface area contributed by atoms with Crippen molar-refractivity contribution in [2.75, 3.05) is 7.11 Å². The van der Waals surface area contributed by atoms with E-state index in [0.29, 0.717) is 17.3 Å². The van der Waals surface area contributed by atoms with E-state index in [1.807, 2.05) is 0 Å². The average molecular weight is 257 g/mol. The minimum absolute atomic E-state index is 0.138. The fourth-order valence-corrected chi connectivity index (χ4v) is 1.78. The summed E-state index contributed by atoms with van der Waals surface area (Å²) in [5.74, 6) is 1.00. The van der Waals surface area contributed by atoms with Crippen LogP contribution in [-0.4, -0.2) is 17.3 Å². The Balaban J connectivity index is 2.22. The van der Waals surface area contributed by atoms with E-state index in [-0.39, 0.29) is 6.10 Å². The minimum atomic E-state index is -0.138. The van der Waals surface area contributed by atoms with Crippen molar-refractivity contribution in [3.8, 4) is 17.5 Å². The van der Waals surface area contributed by atoms with Crippen LogP contribution in [0.3, 0.4) is 0 Å². The quantitative estimate of drug-likeness (QED) is 0.823. The molecule has 0 saturated carbocycles. The van der Waals surface area contributed by atoms with Crippen LogP contribution < -0.4 is 0 Å². The SMILES string of the molecule is CCCC(OC)c1noc(-c2ccc(C#N)cc2)n1. The van der Waals surface area contributed by atoms with Gasteiger partial charge in [-0.25, -0.2) is 0 Å². The van der Waals surface area contributed by atoms with Gasteiger partial charge in [0.15, 0.2) is 0 Å². The van der Waals surface area contributed by atoms with Crippen LogP contribution in [0, 0.1) is 11.3 Å². The normalized spacial score (nSPS) is 12.1. The highest BCUT2D eigenvalue weighted by molar-refractivity contribution is 5.54. The van der Waals surface area contributed by atoms with E-state index in [4.69, 9.17) is 14.5 Å². The molecule has 5 nitrogen and oxygen atoms in total. The first kappa shape index (κ1) is 13.2. The van der Waals surface area contributed by atoms with E-state index in [0.717, 1.165) is 18.4 Å². The summed E-state index contributed by atoms with van der Waals surface area (Å²) in [6.07, 6.45) is 1.70. The largest absolute Gasteiger partial charge is 0.373 e. The van der Waals surface area contributed by atoms with E-state index >= 15 is 0 Å². The number of methoxy groups -OCH3 is 1. The third-order valence-corrected chi connectivity index (χ3v) is 2.83. The second kappa shape index (κ2) is 6.12. The molecule has 1 aromatic heterocycles. The summed E-state index contributed by atoms with van der Waals surface area (Å²) < 4.78 is 10.6. The second-order valence-corrected chi connectivity index (χ2v) is 4.16. The average Bonchev–Trinajstić information content (AvgIpc) is 2.94. The standard InChI is InChI=1S/C14H15N3O2/c1-3-4-12(18-2)13-16-14(19-17-13)11-7-5-10(9-15)6-8-11/h5-8,12H,3-4H2,1-2H3. The Morgan fingerprint density at radius 2 is 2.11 bits per heavy atom. The molecule has 0 aliphatic carbocycles. The number of ether oxygens (including phenoxy) is 1. The molecule has 1 heterocycles. The zero-order valence-corrected chi connectivity index (χ0v) is 11.0. The summed E-state index contributed by atoms with van der Waals surface area (Å²) in [4.78, 5) is 4.34. The Morgan fingerprint density at radius 1 is 1.37 bits per heavy atom. The lowest BCUT2D eigenvalue weighted by molar-refractivity contribution is 0.0854. The number of aromatic nitrogens is 2. The molecular weight excluding hydrogens is 242 g/mol. The van der Waals surface area contributed by atoms with E-state index in [2.05, 4.69) is 23.1 Å². The van der Waals surface area contributed by atoms with Crippen molar-refractivity contribution < 1.29 is 9.26 Å². The van der Waals surface area contributed by atoms with Crippen LogP contribution in [0.5, 0.6) is 0 Å². The zero-order valence-electron chi connectivity index (χ0n) is 11.0. The van der Waals surface area contributed by atoms with Gasteiger partial charge in [0.25, 0.3) is 5.89 Å². The summed E-state index contributed by atoms with van der Waals surface area (Å²) in [6.45, 7) is 2.08. The fraction of sp³-hybridized carbons (Fsp3) is 0.357. The van der Waals surface area contributed by atoms with Gasteiger partial charge in [0.2, 0.25) is 5.82 Å². The molecule has 19 heavy (non-hydrogen) atoms. The van der Waals surface area contributed by atoms with Crippen molar-refractivity contribution in [2.45, 2.75) is 25.9 Å². The van der Waals surface area contributed by atoms with E-state index in [1.54, 1.807) is 31.4 Å². The maximum absolute atomic E-state index is 8.75. The minimum Gasteiger partial charge on any atom is -0.373 e. The third kappa shape index (κ3) is 2.98. The van der Waals surface area contributed by atoms with Crippen molar-refractivity contribution >= 4 is 0 Å². The van der Waals surface area contributed by atoms with Gasteiger partial charge >= 0.3 is 0 Å². The molecule has 98 valence electrons. The fourth-order valence-electron chi connectivity index (χ4n) is 1.78. The Bertz CT molecular complexity index is 569. The summed E-state index contributed by atoms with van der Waals surface area (Å²) in [7, 11) is 1.64. The summed E-state index contributed by atoms with van der Waals surface area (Å²) in [6, 6.07) is 9.09. The molecule has 0 fully saturated rings. The van der Waals surface area contributed by atoms with Crippen molar-refractivity contribution in [2.24, 2.45) is 0 Å². The van der Waals surface area contributed by atoms with Crippen molar-refractivity contribution in [1.82, 2.24) is 10.1 Å². The van der Waals surface area contributed by atoms with Crippen LogP contribution in [0.25, 0.3) is 11.5 Å². The number of hydrogen-bond acceptors (Lipinski definition) is 5. The highest BCUT2D eigenvalue weighted by Crippen LogP contribution is 2.23. The zero-order chi connectivity index (χ0) is 13.7. The molecule has 1 aromatic carbocycles. The predicted octanol–water partition coefficient (Wildman–Crippen LogP) is 3.10. The van der Waals surface area contributed by atoms with Crippen LogP contribution in [0.15, 0.2) is 28.8 Å². The lowest BCUT2D eigenvalue weighted by Gasteiger charge is -2.08. The Kier molecular flexibility index (Phi) is 4.26. The smallest absolute Gasteiger partial charge is 0.258 e. The highest BCUT2D eigenvalue weighted by Gasteiger charge is 2.17. The van der Waals surface area contributed by atoms with Crippen LogP contribution in [0.1, 0.15) is 37.3 Å². The molecule has 2 rings (SSSR count). The second-order valence-electron chi connectivity index (χ2n) is 4.16. The van der Waals surface area contributed by atoms with Crippen molar-refractivity contribution in [1.29, 1.82) is 5.26 Å². The van der Waals surface area contributed by atoms with Gasteiger partial charge in [0.05, 0.1) is 11.6 Å². The predicted molar refractivity (Wildman–Crippen MR) is 69.1 cm³/mol. The lowest BCUT2D eigenvalue weighted by Crippen LogP contribution is -2.03. The van der Waals surface area contributed by atoms with Gasteiger partial charge in [-0.3, -0.25) is 0 Å². The topological polar surface area (TPSA) is 71.9 Å². The number of benzene rings is 1. The summed E-state index contributed by atoms with van der Waals surface area (Å²) in [5.41, 5.74) is 1.40. The molecule has 0 aliphatic heterocycles. The van der Waals surface area contributed by atoms with Crippen LogP contribution in [-0.2, 0) is 4.74 Å². The van der Waals surface area contributed by atoms with Crippen LogP contribution in [0.4, 0.5) is 0 Å².